The molecule has 0 spiro atoms. The van der Waals surface area contributed by atoms with Gasteiger partial charge in [-0.15, -0.1) is 0 Å². The zero-order valence-corrected chi connectivity index (χ0v) is 15.4. The van der Waals surface area contributed by atoms with Gasteiger partial charge in [0.1, 0.15) is 5.60 Å². The number of fused-ring (bicyclic) bond motifs is 1. The standard InChI is InChI=1S/C19H28N4O2/c1-19(2,3)25-18(24)22-11-12-23-16(14-22)13-21-17(23)20-10-9-15-7-5-4-6-8-15/h4-8,16H,9-14H2,1-3H3,(H,20,21). The largest absolute Gasteiger partial charge is 0.444 e. The van der Waals surface area contributed by atoms with Crippen LogP contribution in [0.1, 0.15) is 26.3 Å². The molecule has 2 aliphatic rings. The minimum absolute atomic E-state index is 0.224. The van der Waals surface area contributed by atoms with Crippen molar-refractivity contribution < 1.29 is 9.53 Å². The number of guanidine groups is 1. The number of aliphatic imine (C=N–C) groups is 1. The molecule has 3 rings (SSSR count). The summed E-state index contributed by atoms with van der Waals surface area (Å²) >= 11 is 0. The van der Waals surface area contributed by atoms with Crippen LogP contribution in [0.3, 0.4) is 0 Å². The number of nitrogens with one attached hydrogen (secondary N) is 1. The highest BCUT2D eigenvalue weighted by Gasteiger charge is 2.36. The first-order chi connectivity index (χ1) is 11.9. The first kappa shape index (κ1) is 17.6. The summed E-state index contributed by atoms with van der Waals surface area (Å²) in [7, 11) is 0. The third kappa shape index (κ3) is 4.65. The second-order valence-corrected chi connectivity index (χ2v) is 7.60. The Morgan fingerprint density at radius 3 is 2.76 bits per heavy atom. The Morgan fingerprint density at radius 2 is 2.04 bits per heavy atom. The highest BCUT2D eigenvalue weighted by atomic mass is 16.6. The lowest BCUT2D eigenvalue weighted by Gasteiger charge is -2.39. The van der Waals surface area contributed by atoms with Crippen molar-refractivity contribution in [3.05, 3.63) is 35.9 Å². The molecule has 1 N–H and O–H groups in total. The molecule has 1 fully saturated rings. The fraction of sp³-hybridized carbons (Fsp3) is 0.579. The summed E-state index contributed by atoms with van der Waals surface area (Å²) in [6, 6.07) is 10.7. The Bertz CT molecular complexity index is 624. The van der Waals surface area contributed by atoms with E-state index in [2.05, 4.69) is 39.5 Å². The molecule has 136 valence electrons. The number of benzene rings is 1. The van der Waals surface area contributed by atoms with Crippen molar-refractivity contribution in [3.63, 3.8) is 0 Å². The number of piperazine rings is 1. The van der Waals surface area contributed by atoms with E-state index >= 15 is 0 Å². The van der Waals surface area contributed by atoms with Gasteiger partial charge in [0.25, 0.3) is 0 Å². The highest BCUT2D eigenvalue weighted by molar-refractivity contribution is 5.82. The Morgan fingerprint density at radius 1 is 1.28 bits per heavy atom. The topological polar surface area (TPSA) is 57.2 Å². The van der Waals surface area contributed by atoms with E-state index in [1.165, 1.54) is 5.56 Å². The van der Waals surface area contributed by atoms with Crippen LogP contribution in [-0.2, 0) is 11.2 Å². The minimum atomic E-state index is -0.454. The number of hydrogen-bond acceptors (Lipinski definition) is 5. The van der Waals surface area contributed by atoms with Gasteiger partial charge >= 0.3 is 6.09 Å². The van der Waals surface area contributed by atoms with Gasteiger partial charge in [0.15, 0.2) is 5.96 Å². The predicted molar refractivity (Wildman–Crippen MR) is 98.8 cm³/mol. The number of carbonyl (C=O) groups is 1. The SMILES string of the molecule is CC(C)(C)OC(=O)N1CCN2C(NCCc3ccccc3)=NCC2C1. The number of carbonyl (C=O) groups excluding carboxylic acids is 1. The molecule has 1 unspecified atom stereocenters. The van der Waals surface area contributed by atoms with Gasteiger partial charge in [-0.25, -0.2) is 4.79 Å². The number of amides is 1. The molecule has 2 aliphatic heterocycles. The normalized spacial score (nSPS) is 20.1. The fourth-order valence-corrected chi connectivity index (χ4v) is 3.19. The number of ether oxygens (including phenoxy) is 1. The lowest BCUT2D eigenvalue weighted by molar-refractivity contribution is 0.0137. The summed E-state index contributed by atoms with van der Waals surface area (Å²) in [5.41, 5.74) is 0.866. The third-order valence-corrected chi connectivity index (χ3v) is 4.40. The molecule has 6 nitrogen and oxygen atoms in total. The van der Waals surface area contributed by atoms with Gasteiger partial charge in [0.2, 0.25) is 0 Å². The molecule has 0 radical (unpaired) electrons. The van der Waals surface area contributed by atoms with Crippen molar-refractivity contribution in [1.29, 1.82) is 0 Å². The van der Waals surface area contributed by atoms with Gasteiger partial charge in [-0.2, -0.15) is 0 Å². The first-order valence-electron chi connectivity index (χ1n) is 8.99. The summed E-state index contributed by atoms with van der Waals surface area (Å²) in [6.45, 7) is 9.42. The Kier molecular flexibility index (Phi) is 5.16. The molecule has 1 aromatic carbocycles. The van der Waals surface area contributed by atoms with Crippen molar-refractivity contribution in [2.24, 2.45) is 4.99 Å². The molecular formula is C19H28N4O2. The maximum Gasteiger partial charge on any atom is 0.410 e. The van der Waals surface area contributed by atoms with Crippen LogP contribution in [-0.4, -0.2) is 66.2 Å². The molecule has 0 aliphatic carbocycles. The van der Waals surface area contributed by atoms with Gasteiger partial charge in [0, 0.05) is 26.2 Å². The zero-order valence-electron chi connectivity index (χ0n) is 15.4. The van der Waals surface area contributed by atoms with Crippen LogP contribution in [0, 0.1) is 0 Å². The molecule has 2 heterocycles. The molecule has 0 aromatic heterocycles. The monoisotopic (exact) mass is 344 g/mol. The number of rotatable bonds is 3. The van der Waals surface area contributed by atoms with E-state index in [9.17, 15) is 4.79 Å². The average molecular weight is 344 g/mol. The van der Waals surface area contributed by atoms with Crippen LogP contribution in [0.5, 0.6) is 0 Å². The fourth-order valence-electron chi connectivity index (χ4n) is 3.19. The predicted octanol–water partition coefficient (Wildman–Crippen LogP) is 2.11. The van der Waals surface area contributed by atoms with Crippen molar-refractivity contribution in [2.75, 3.05) is 32.7 Å². The Balaban J connectivity index is 1.46. The number of nitrogens with zero attached hydrogens (tertiary/aromatic N) is 3. The zero-order chi connectivity index (χ0) is 17.9. The van der Waals surface area contributed by atoms with Gasteiger partial charge in [-0.1, -0.05) is 30.3 Å². The average Bonchev–Trinajstić information content (AvgIpc) is 2.97. The van der Waals surface area contributed by atoms with Gasteiger partial charge in [0.05, 0.1) is 12.6 Å². The molecule has 0 saturated carbocycles. The van der Waals surface area contributed by atoms with Gasteiger partial charge in [-0.05, 0) is 32.8 Å². The van der Waals surface area contributed by atoms with E-state index in [0.29, 0.717) is 13.1 Å². The Labute approximate surface area is 149 Å². The van der Waals surface area contributed by atoms with Crippen molar-refractivity contribution >= 4 is 12.1 Å². The van der Waals surface area contributed by atoms with Gasteiger partial charge < -0.3 is 19.9 Å². The molecule has 1 amide bonds. The van der Waals surface area contributed by atoms with E-state index in [-0.39, 0.29) is 12.1 Å². The second-order valence-electron chi connectivity index (χ2n) is 7.60. The van der Waals surface area contributed by atoms with E-state index in [4.69, 9.17) is 4.74 Å². The van der Waals surface area contributed by atoms with Crippen LogP contribution < -0.4 is 5.32 Å². The lowest BCUT2D eigenvalue weighted by Crippen LogP contribution is -2.57. The first-order valence-corrected chi connectivity index (χ1v) is 8.99. The maximum absolute atomic E-state index is 12.2. The smallest absolute Gasteiger partial charge is 0.410 e. The van der Waals surface area contributed by atoms with Crippen LogP contribution in [0.15, 0.2) is 35.3 Å². The summed E-state index contributed by atoms with van der Waals surface area (Å²) in [6.07, 6.45) is 0.750. The summed E-state index contributed by atoms with van der Waals surface area (Å²) in [5, 5.41) is 3.45. The molecule has 25 heavy (non-hydrogen) atoms. The molecule has 0 bridgehead atoms. The van der Waals surface area contributed by atoms with Crippen LogP contribution in [0.4, 0.5) is 4.79 Å². The molecule has 1 saturated heterocycles. The van der Waals surface area contributed by atoms with Crippen LogP contribution >= 0.6 is 0 Å². The quantitative estimate of drug-likeness (QED) is 0.912. The van der Waals surface area contributed by atoms with E-state index in [0.717, 1.165) is 32.0 Å². The van der Waals surface area contributed by atoms with Crippen LogP contribution in [0.2, 0.25) is 0 Å². The second kappa shape index (κ2) is 7.33. The molecular weight excluding hydrogens is 316 g/mol. The summed E-state index contributed by atoms with van der Waals surface area (Å²) in [4.78, 5) is 21.0. The lowest BCUT2D eigenvalue weighted by atomic mass is 10.1. The van der Waals surface area contributed by atoms with Crippen molar-refractivity contribution in [1.82, 2.24) is 15.1 Å². The van der Waals surface area contributed by atoms with Crippen molar-refractivity contribution in [2.45, 2.75) is 38.8 Å². The van der Waals surface area contributed by atoms with E-state index < -0.39 is 5.60 Å². The van der Waals surface area contributed by atoms with E-state index in [1.54, 1.807) is 4.90 Å². The van der Waals surface area contributed by atoms with Crippen LogP contribution in [0.25, 0.3) is 0 Å². The van der Waals surface area contributed by atoms with Crippen molar-refractivity contribution in [3.8, 4) is 0 Å². The minimum Gasteiger partial charge on any atom is -0.444 e. The molecule has 6 heteroatoms. The molecule has 1 atom stereocenters. The van der Waals surface area contributed by atoms with E-state index in [1.807, 2.05) is 26.8 Å². The number of hydrogen-bond donors (Lipinski definition) is 1. The third-order valence-electron chi connectivity index (χ3n) is 4.40. The summed E-state index contributed by atoms with van der Waals surface area (Å²) < 4.78 is 5.48. The van der Waals surface area contributed by atoms with Gasteiger partial charge in [-0.3, -0.25) is 4.99 Å². The summed E-state index contributed by atoms with van der Waals surface area (Å²) in [5.74, 6) is 0.963. The molecule has 1 aromatic rings. The maximum atomic E-state index is 12.2. The highest BCUT2D eigenvalue weighted by Crippen LogP contribution is 2.18. The Hall–Kier alpha value is -2.24.